The Balaban J connectivity index is 1.92. The van der Waals surface area contributed by atoms with Crippen LogP contribution in [-0.2, 0) is 6.42 Å². The number of fused-ring (bicyclic) bond motifs is 4. The first-order valence-electron chi connectivity index (χ1n) is 7.37. The molecule has 98 valence electrons. The van der Waals surface area contributed by atoms with E-state index in [1.54, 1.807) is 0 Å². The smallest absolute Gasteiger partial charge is 0.00131 e. The molecule has 0 spiro atoms. The lowest BCUT2D eigenvalue weighted by Crippen LogP contribution is -1.89. The third kappa shape index (κ3) is 1.68. The molecule has 20 heavy (non-hydrogen) atoms. The second-order valence-electron chi connectivity index (χ2n) is 6.10. The first kappa shape index (κ1) is 11.7. The monoisotopic (exact) mass is 258 g/mol. The molecule has 0 aliphatic heterocycles. The number of benzene rings is 3. The minimum atomic E-state index is 0.600. The average molecular weight is 258 g/mol. The molecular formula is C20H18. The third-order valence-corrected chi connectivity index (χ3v) is 4.44. The second kappa shape index (κ2) is 4.21. The maximum Gasteiger partial charge on any atom is -0.00131 e. The summed E-state index contributed by atoms with van der Waals surface area (Å²) in [6.45, 7) is 4.52. The van der Waals surface area contributed by atoms with Crippen LogP contribution in [0.1, 0.15) is 36.5 Å². The van der Waals surface area contributed by atoms with Crippen molar-refractivity contribution in [3.8, 4) is 11.1 Å². The summed E-state index contributed by atoms with van der Waals surface area (Å²) in [5, 5.41) is 2.69. The Kier molecular flexibility index (Phi) is 2.47. The van der Waals surface area contributed by atoms with Gasteiger partial charge < -0.3 is 0 Å². The molecule has 4 rings (SSSR count). The molecule has 0 fully saturated rings. The molecule has 0 atom stereocenters. The van der Waals surface area contributed by atoms with E-state index in [9.17, 15) is 0 Å². The van der Waals surface area contributed by atoms with Crippen molar-refractivity contribution in [1.82, 2.24) is 0 Å². The minimum absolute atomic E-state index is 0.600. The molecule has 3 aromatic rings. The molecule has 0 saturated heterocycles. The lowest BCUT2D eigenvalue weighted by atomic mass is 9.97. The van der Waals surface area contributed by atoms with E-state index in [1.165, 1.54) is 38.6 Å². The van der Waals surface area contributed by atoms with E-state index in [-0.39, 0.29) is 0 Å². The van der Waals surface area contributed by atoms with Crippen LogP contribution in [0.15, 0.2) is 54.6 Å². The van der Waals surface area contributed by atoms with E-state index in [0.717, 1.165) is 6.42 Å². The van der Waals surface area contributed by atoms with Gasteiger partial charge in [-0.15, -0.1) is 0 Å². The third-order valence-electron chi connectivity index (χ3n) is 4.44. The van der Waals surface area contributed by atoms with Crippen molar-refractivity contribution in [2.24, 2.45) is 0 Å². The highest BCUT2D eigenvalue weighted by molar-refractivity contribution is 5.91. The Morgan fingerprint density at radius 2 is 1.45 bits per heavy atom. The zero-order valence-corrected chi connectivity index (χ0v) is 12.0. The molecule has 3 aromatic carbocycles. The standard InChI is InChI=1S/C20H18/c1-13(2)14-7-8-19-17(9-14)11-18-10-15-5-3-4-6-16(15)12-20(18)19/h3-10,12-13H,11H2,1-2H3. The van der Waals surface area contributed by atoms with Crippen LogP contribution in [0.2, 0.25) is 0 Å². The van der Waals surface area contributed by atoms with Crippen LogP contribution in [0.3, 0.4) is 0 Å². The molecule has 1 aliphatic rings. The first-order chi connectivity index (χ1) is 9.72. The highest BCUT2D eigenvalue weighted by Crippen LogP contribution is 2.39. The van der Waals surface area contributed by atoms with Crippen LogP contribution < -0.4 is 0 Å². The molecule has 0 amide bonds. The van der Waals surface area contributed by atoms with Crippen LogP contribution >= 0.6 is 0 Å². The number of hydrogen-bond donors (Lipinski definition) is 0. The van der Waals surface area contributed by atoms with Gasteiger partial charge in [0.15, 0.2) is 0 Å². The zero-order valence-electron chi connectivity index (χ0n) is 12.0. The van der Waals surface area contributed by atoms with E-state index >= 15 is 0 Å². The predicted octanol–water partition coefficient (Wildman–Crippen LogP) is 5.53. The van der Waals surface area contributed by atoms with E-state index in [0.29, 0.717) is 5.92 Å². The van der Waals surface area contributed by atoms with Crippen LogP contribution in [0.25, 0.3) is 21.9 Å². The minimum Gasteiger partial charge on any atom is -0.0616 e. The molecule has 0 unspecified atom stereocenters. The lowest BCUT2D eigenvalue weighted by molar-refractivity contribution is 0.864. The summed E-state index contributed by atoms with van der Waals surface area (Å²) in [6.07, 6.45) is 1.08. The Labute approximate surface area is 120 Å². The van der Waals surface area contributed by atoms with E-state index < -0.39 is 0 Å². The topological polar surface area (TPSA) is 0 Å². The molecule has 0 heteroatoms. The van der Waals surface area contributed by atoms with Gasteiger partial charge in [0.25, 0.3) is 0 Å². The van der Waals surface area contributed by atoms with Crippen molar-refractivity contribution in [3.63, 3.8) is 0 Å². The predicted molar refractivity (Wildman–Crippen MR) is 86.3 cm³/mol. The van der Waals surface area contributed by atoms with Gasteiger partial charge in [-0.05, 0) is 57.0 Å². The van der Waals surface area contributed by atoms with Crippen LogP contribution in [0.5, 0.6) is 0 Å². The molecule has 1 aliphatic carbocycles. The molecule has 0 bridgehead atoms. The Morgan fingerprint density at radius 3 is 2.20 bits per heavy atom. The first-order valence-corrected chi connectivity index (χ1v) is 7.37. The van der Waals surface area contributed by atoms with E-state index in [4.69, 9.17) is 0 Å². The van der Waals surface area contributed by atoms with E-state index in [1.807, 2.05) is 0 Å². The largest absolute Gasteiger partial charge is 0.0616 e. The van der Waals surface area contributed by atoms with Crippen molar-refractivity contribution in [2.45, 2.75) is 26.2 Å². The Bertz CT molecular complexity index is 809. The average Bonchev–Trinajstić information content (AvgIpc) is 2.81. The van der Waals surface area contributed by atoms with Crippen molar-refractivity contribution < 1.29 is 0 Å². The summed E-state index contributed by atoms with van der Waals surface area (Å²) in [5.41, 5.74) is 7.26. The van der Waals surface area contributed by atoms with Gasteiger partial charge in [-0.25, -0.2) is 0 Å². The highest BCUT2D eigenvalue weighted by Gasteiger charge is 2.19. The maximum absolute atomic E-state index is 2.39. The molecule has 0 radical (unpaired) electrons. The van der Waals surface area contributed by atoms with Gasteiger partial charge in [0, 0.05) is 0 Å². The summed E-state index contributed by atoms with van der Waals surface area (Å²) >= 11 is 0. The summed E-state index contributed by atoms with van der Waals surface area (Å²) in [6, 6.07) is 20.4. The number of rotatable bonds is 1. The van der Waals surface area contributed by atoms with Crippen molar-refractivity contribution in [3.05, 3.63) is 71.3 Å². The van der Waals surface area contributed by atoms with Gasteiger partial charge in [-0.2, -0.15) is 0 Å². The van der Waals surface area contributed by atoms with E-state index in [2.05, 4.69) is 68.4 Å². The molecular weight excluding hydrogens is 240 g/mol. The molecule has 0 aromatic heterocycles. The summed E-state index contributed by atoms with van der Waals surface area (Å²) in [7, 11) is 0. The SMILES string of the molecule is CC(C)c1ccc2c(c1)Cc1cc3ccccc3cc1-2. The van der Waals surface area contributed by atoms with Gasteiger partial charge in [0.2, 0.25) is 0 Å². The fraction of sp³-hybridized carbons (Fsp3) is 0.200. The zero-order chi connectivity index (χ0) is 13.7. The van der Waals surface area contributed by atoms with Gasteiger partial charge in [0.05, 0.1) is 0 Å². The molecule has 0 heterocycles. The van der Waals surface area contributed by atoms with Crippen LogP contribution in [0, 0.1) is 0 Å². The summed E-state index contributed by atoms with van der Waals surface area (Å²) in [4.78, 5) is 0. The normalized spacial score (nSPS) is 12.8. The fourth-order valence-corrected chi connectivity index (χ4v) is 3.27. The highest BCUT2D eigenvalue weighted by atomic mass is 14.2. The van der Waals surface area contributed by atoms with Crippen molar-refractivity contribution in [1.29, 1.82) is 0 Å². The van der Waals surface area contributed by atoms with Gasteiger partial charge in [-0.3, -0.25) is 0 Å². The van der Waals surface area contributed by atoms with Crippen LogP contribution in [0.4, 0.5) is 0 Å². The molecule has 0 nitrogen and oxygen atoms in total. The lowest BCUT2D eigenvalue weighted by Gasteiger charge is -2.08. The van der Waals surface area contributed by atoms with Gasteiger partial charge >= 0.3 is 0 Å². The van der Waals surface area contributed by atoms with Gasteiger partial charge in [-0.1, -0.05) is 62.4 Å². The quantitative estimate of drug-likeness (QED) is 0.421. The van der Waals surface area contributed by atoms with Crippen molar-refractivity contribution >= 4 is 10.8 Å². The van der Waals surface area contributed by atoms with Crippen LogP contribution in [-0.4, -0.2) is 0 Å². The summed E-state index contributed by atoms with van der Waals surface area (Å²) < 4.78 is 0. The molecule has 0 N–H and O–H groups in total. The summed E-state index contributed by atoms with van der Waals surface area (Å²) in [5.74, 6) is 0.600. The maximum atomic E-state index is 2.39. The number of hydrogen-bond acceptors (Lipinski definition) is 0. The Hall–Kier alpha value is -2.08. The molecule has 0 saturated carbocycles. The second-order valence-corrected chi connectivity index (χ2v) is 6.10. The van der Waals surface area contributed by atoms with Crippen molar-refractivity contribution in [2.75, 3.05) is 0 Å². The fourth-order valence-electron chi connectivity index (χ4n) is 3.27. The van der Waals surface area contributed by atoms with Gasteiger partial charge in [0.1, 0.15) is 0 Å². The Morgan fingerprint density at radius 1 is 0.750 bits per heavy atom.